The van der Waals surface area contributed by atoms with E-state index in [1.54, 1.807) is 0 Å². The molecular weight excluding hydrogens is 198 g/mol. The first-order valence-corrected chi connectivity index (χ1v) is 6.00. The normalized spacial score (nSPS) is 22.0. The molecule has 0 unspecified atom stereocenters. The van der Waals surface area contributed by atoms with Crippen LogP contribution in [0.5, 0.6) is 0 Å². The summed E-state index contributed by atoms with van der Waals surface area (Å²) in [5.41, 5.74) is 2.54. The van der Waals surface area contributed by atoms with Gasteiger partial charge in [0.1, 0.15) is 0 Å². The minimum absolute atomic E-state index is 0.0984. The molecule has 0 aromatic heterocycles. The lowest BCUT2D eigenvalue weighted by Gasteiger charge is -2.20. The predicted molar refractivity (Wildman–Crippen MR) is 64.5 cm³/mol. The van der Waals surface area contributed by atoms with Crippen LogP contribution >= 0.6 is 0 Å². The maximum Gasteiger partial charge on any atom is 0.230 e. The summed E-state index contributed by atoms with van der Waals surface area (Å²) in [4.78, 5) is 14.2. The molecule has 0 N–H and O–H groups in total. The first-order valence-electron chi connectivity index (χ1n) is 6.00. The average molecular weight is 215 g/mol. The highest BCUT2D eigenvalue weighted by atomic mass is 16.2. The maximum atomic E-state index is 12.2. The van der Waals surface area contributed by atoms with Gasteiger partial charge in [0.05, 0.1) is 0 Å². The quantitative estimate of drug-likeness (QED) is 0.705. The number of fused-ring (bicyclic) bond motifs is 1. The molecular formula is C14H17NO. The van der Waals surface area contributed by atoms with Crippen LogP contribution in [-0.4, -0.2) is 12.5 Å². The summed E-state index contributed by atoms with van der Waals surface area (Å²) in [7, 11) is 0. The van der Waals surface area contributed by atoms with E-state index in [4.69, 9.17) is 0 Å². The zero-order valence-electron chi connectivity index (χ0n) is 9.86. The molecule has 2 heteroatoms. The van der Waals surface area contributed by atoms with Gasteiger partial charge in [0.15, 0.2) is 0 Å². The minimum atomic E-state index is 0.0984. The molecule has 3 rings (SSSR count). The molecule has 2 aliphatic rings. The molecule has 0 saturated heterocycles. The van der Waals surface area contributed by atoms with Crippen molar-refractivity contribution in [1.29, 1.82) is 0 Å². The van der Waals surface area contributed by atoms with E-state index in [1.165, 1.54) is 5.56 Å². The Morgan fingerprint density at radius 1 is 1.31 bits per heavy atom. The number of nitrogens with zero attached hydrogens (tertiary/aromatic N) is 1. The summed E-state index contributed by atoms with van der Waals surface area (Å²) in [5, 5.41) is 0. The molecule has 0 bridgehead atoms. The van der Waals surface area contributed by atoms with Crippen molar-refractivity contribution in [3.63, 3.8) is 0 Å². The zero-order valence-corrected chi connectivity index (χ0v) is 9.86. The topological polar surface area (TPSA) is 20.3 Å². The second kappa shape index (κ2) is 3.09. The van der Waals surface area contributed by atoms with E-state index in [-0.39, 0.29) is 5.41 Å². The van der Waals surface area contributed by atoms with Gasteiger partial charge in [-0.1, -0.05) is 32.0 Å². The van der Waals surface area contributed by atoms with Gasteiger partial charge >= 0.3 is 0 Å². The van der Waals surface area contributed by atoms with E-state index in [2.05, 4.69) is 32.0 Å². The Kier molecular flexibility index (Phi) is 1.91. The second-order valence-electron chi connectivity index (χ2n) is 5.60. The van der Waals surface area contributed by atoms with Crippen LogP contribution in [0.4, 0.5) is 5.69 Å². The number of benzene rings is 1. The summed E-state index contributed by atoms with van der Waals surface area (Å²) >= 11 is 0. The highest BCUT2D eigenvalue weighted by molar-refractivity contribution is 5.98. The molecule has 1 aromatic rings. The van der Waals surface area contributed by atoms with Crippen molar-refractivity contribution in [2.24, 2.45) is 5.92 Å². The van der Waals surface area contributed by atoms with Crippen LogP contribution in [0.1, 0.15) is 32.3 Å². The first-order chi connectivity index (χ1) is 7.59. The number of hydrogen-bond acceptors (Lipinski definition) is 1. The maximum absolute atomic E-state index is 12.2. The molecule has 1 saturated carbocycles. The van der Waals surface area contributed by atoms with Gasteiger partial charge in [-0.2, -0.15) is 0 Å². The second-order valence-corrected chi connectivity index (χ2v) is 5.60. The fraction of sp³-hybridized carbons (Fsp3) is 0.500. The first kappa shape index (κ1) is 9.88. The van der Waals surface area contributed by atoms with Crippen LogP contribution < -0.4 is 4.90 Å². The van der Waals surface area contributed by atoms with Crippen LogP contribution in [0.25, 0.3) is 0 Å². The standard InChI is InChI=1S/C14H17NO/c1-14(2)9-15(13(16)10-7-8-10)12-6-4-3-5-11(12)14/h3-6,10H,7-9H2,1-2H3. The number of para-hydroxylation sites is 1. The molecule has 1 aromatic carbocycles. The van der Waals surface area contributed by atoms with Crippen molar-refractivity contribution in [2.75, 3.05) is 11.4 Å². The van der Waals surface area contributed by atoms with E-state index in [9.17, 15) is 4.79 Å². The fourth-order valence-electron chi connectivity index (χ4n) is 2.59. The number of rotatable bonds is 1. The van der Waals surface area contributed by atoms with Crippen LogP contribution in [-0.2, 0) is 10.2 Å². The van der Waals surface area contributed by atoms with Gasteiger partial charge in [-0.3, -0.25) is 4.79 Å². The van der Waals surface area contributed by atoms with Crippen molar-refractivity contribution in [1.82, 2.24) is 0 Å². The Bertz CT molecular complexity index is 446. The van der Waals surface area contributed by atoms with Crippen molar-refractivity contribution < 1.29 is 4.79 Å². The molecule has 1 aliphatic heterocycles. The van der Waals surface area contributed by atoms with Gasteiger partial charge in [0, 0.05) is 23.6 Å². The van der Waals surface area contributed by atoms with Crippen LogP contribution in [0.2, 0.25) is 0 Å². The summed E-state index contributed by atoms with van der Waals surface area (Å²) in [6.07, 6.45) is 2.16. The van der Waals surface area contributed by atoms with Gasteiger partial charge < -0.3 is 4.90 Å². The van der Waals surface area contributed by atoms with Gasteiger partial charge in [-0.15, -0.1) is 0 Å². The molecule has 1 amide bonds. The lowest BCUT2D eigenvalue weighted by molar-refractivity contribution is -0.119. The molecule has 0 radical (unpaired) electrons. The van der Waals surface area contributed by atoms with Crippen LogP contribution in [0.15, 0.2) is 24.3 Å². The summed E-state index contributed by atoms with van der Waals surface area (Å²) in [6, 6.07) is 8.30. The Morgan fingerprint density at radius 3 is 2.69 bits per heavy atom. The van der Waals surface area contributed by atoms with Crippen LogP contribution in [0.3, 0.4) is 0 Å². The zero-order chi connectivity index (χ0) is 11.3. The molecule has 16 heavy (non-hydrogen) atoms. The number of amides is 1. The van der Waals surface area contributed by atoms with Gasteiger partial charge in [-0.05, 0) is 24.5 Å². The molecule has 1 aliphatic carbocycles. The third-order valence-corrected chi connectivity index (χ3v) is 3.67. The van der Waals surface area contributed by atoms with Gasteiger partial charge in [0.25, 0.3) is 0 Å². The Hall–Kier alpha value is -1.31. The third-order valence-electron chi connectivity index (χ3n) is 3.67. The Morgan fingerprint density at radius 2 is 2.00 bits per heavy atom. The van der Waals surface area contributed by atoms with E-state index in [1.807, 2.05) is 11.0 Å². The van der Waals surface area contributed by atoms with Crippen molar-refractivity contribution >= 4 is 11.6 Å². The van der Waals surface area contributed by atoms with E-state index in [0.717, 1.165) is 25.1 Å². The molecule has 2 nitrogen and oxygen atoms in total. The van der Waals surface area contributed by atoms with Crippen molar-refractivity contribution in [2.45, 2.75) is 32.1 Å². The van der Waals surface area contributed by atoms with Gasteiger partial charge in [0.2, 0.25) is 5.91 Å². The third kappa shape index (κ3) is 1.36. The lowest BCUT2D eigenvalue weighted by atomic mass is 9.87. The van der Waals surface area contributed by atoms with Crippen LogP contribution in [0, 0.1) is 5.92 Å². The number of anilines is 1. The number of hydrogen-bond donors (Lipinski definition) is 0. The van der Waals surface area contributed by atoms with Crippen molar-refractivity contribution in [3.8, 4) is 0 Å². The lowest BCUT2D eigenvalue weighted by Crippen LogP contribution is -2.34. The SMILES string of the molecule is CC1(C)CN(C(=O)C2CC2)c2ccccc21. The Labute approximate surface area is 96.3 Å². The minimum Gasteiger partial charge on any atom is -0.311 e. The smallest absolute Gasteiger partial charge is 0.230 e. The van der Waals surface area contributed by atoms with E-state index >= 15 is 0 Å². The van der Waals surface area contributed by atoms with Gasteiger partial charge in [-0.25, -0.2) is 0 Å². The summed E-state index contributed by atoms with van der Waals surface area (Å²) in [6.45, 7) is 5.26. The Balaban J connectivity index is 2.02. The monoisotopic (exact) mass is 215 g/mol. The largest absolute Gasteiger partial charge is 0.311 e. The summed E-state index contributed by atoms with van der Waals surface area (Å²) < 4.78 is 0. The van der Waals surface area contributed by atoms with E-state index in [0.29, 0.717) is 11.8 Å². The predicted octanol–water partition coefficient (Wildman–Crippen LogP) is 2.72. The molecule has 0 atom stereocenters. The molecule has 1 fully saturated rings. The number of carbonyl (C=O) groups is 1. The highest BCUT2D eigenvalue weighted by Gasteiger charge is 2.42. The highest BCUT2D eigenvalue weighted by Crippen LogP contribution is 2.43. The molecule has 0 spiro atoms. The van der Waals surface area contributed by atoms with Crippen molar-refractivity contribution in [3.05, 3.63) is 29.8 Å². The molecule has 1 heterocycles. The average Bonchev–Trinajstić information content (AvgIpc) is 3.05. The van der Waals surface area contributed by atoms with E-state index < -0.39 is 0 Å². The number of carbonyl (C=O) groups excluding carboxylic acids is 1. The fourth-order valence-corrected chi connectivity index (χ4v) is 2.59. The summed E-state index contributed by atoms with van der Waals surface area (Å²) in [5.74, 6) is 0.639. The molecule has 84 valence electrons.